The van der Waals surface area contributed by atoms with Gasteiger partial charge in [-0.2, -0.15) is 0 Å². The van der Waals surface area contributed by atoms with E-state index in [1.54, 1.807) is 0 Å². The van der Waals surface area contributed by atoms with Gasteiger partial charge in [-0.15, -0.1) is 0 Å². The van der Waals surface area contributed by atoms with E-state index in [4.69, 9.17) is 0 Å². The highest BCUT2D eigenvalue weighted by atomic mass is 16.3. The van der Waals surface area contributed by atoms with Crippen molar-refractivity contribution in [2.45, 2.75) is 51.0 Å². The number of hydrogen-bond acceptors (Lipinski definition) is 2. The molecule has 0 radical (unpaired) electrons. The van der Waals surface area contributed by atoms with Crippen LogP contribution in [0.25, 0.3) is 0 Å². The molecule has 0 spiro atoms. The molecule has 1 heterocycles. The predicted octanol–water partition coefficient (Wildman–Crippen LogP) is 2.86. The minimum absolute atomic E-state index is 0.170. The molecule has 2 aliphatic rings. The summed E-state index contributed by atoms with van der Waals surface area (Å²) in [5.74, 6) is 0.546. The van der Waals surface area contributed by atoms with Crippen LogP contribution < -0.4 is 4.90 Å². The van der Waals surface area contributed by atoms with Crippen LogP contribution in [0.5, 0.6) is 0 Å². The number of aliphatic hydroxyl groups excluding tert-OH is 1. The number of fused-ring (bicyclic) bond motifs is 1. The first-order valence-corrected chi connectivity index (χ1v) is 7.61. The Labute approximate surface area is 120 Å². The molecular formula is C17H23NO2. The lowest BCUT2D eigenvalue weighted by atomic mass is 9.86. The molecule has 1 aromatic carbocycles. The van der Waals surface area contributed by atoms with Crippen molar-refractivity contribution in [3.05, 3.63) is 29.8 Å². The number of aliphatic hydroxyl groups is 1. The zero-order valence-corrected chi connectivity index (χ0v) is 12.3. The lowest BCUT2D eigenvalue weighted by Gasteiger charge is -2.23. The molecule has 1 aliphatic heterocycles. The monoisotopic (exact) mass is 273 g/mol. The van der Waals surface area contributed by atoms with Crippen LogP contribution in [0.4, 0.5) is 5.69 Å². The predicted molar refractivity (Wildman–Crippen MR) is 79.8 cm³/mol. The van der Waals surface area contributed by atoms with Gasteiger partial charge in [0, 0.05) is 12.2 Å². The normalized spacial score (nSPS) is 27.9. The van der Waals surface area contributed by atoms with Crippen molar-refractivity contribution in [2.24, 2.45) is 5.92 Å². The van der Waals surface area contributed by atoms with Crippen LogP contribution in [-0.4, -0.2) is 23.7 Å². The molecular weight excluding hydrogens is 250 g/mol. The first kappa shape index (κ1) is 13.6. The maximum atomic E-state index is 12.6. The summed E-state index contributed by atoms with van der Waals surface area (Å²) in [6.07, 6.45) is 3.85. The van der Waals surface area contributed by atoms with Crippen molar-refractivity contribution < 1.29 is 9.90 Å². The molecule has 1 saturated carbocycles. The van der Waals surface area contributed by atoms with E-state index in [0.29, 0.717) is 5.92 Å². The molecule has 0 saturated heterocycles. The number of para-hydroxylation sites is 1. The summed E-state index contributed by atoms with van der Waals surface area (Å²) in [6, 6.07) is 8.08. The van der Waals surface area contributed by atoms with Gasteiger partial charge in [-0.05, 0) is 50.7 Å². The number of amides is 1. The average Bonchev–Trinajstić information content (AvgIpc) is 2.91. The van der Waals surface area contributed by atoms with Crippen molar-refractivity contribution in [3.8, 4) is 0 Å². The fraction of sp³-hybridized carbons (Fsp3) is 0.588. The summed E-state index contributed by atoms with van der Waals surface area (Å²) in [7, 11) is 0. The highest BCUT2D eigenvalue weighted by Crippen LogP contribution is 2.41. The zero-order chi connectivity index (χ0) is 14.3. The van der Waals surface area contributed by atoms with Crippen LogP contribution in [0.1, 0.15) is 45.1 Å². The van der Waals surface area contributed by atoms with Crippen LogP contribution in [0.2, 0.25) is 0 Å². The highest BCUT2D eigenvalue weighted by Gasteiger charge is 2.43. The fourth-order valence-electron chi connectivity index (χ4n) is 3.67. The quantitative estimate of drug-likeness (QED) is 0.920. The Bertz CT molecular complexity index is 523. The second kappa shape index (κ2) is 4.88. The summed E-state index contributed by atoms with van der Waals surface area (Å²) < 4.78 is 0. The number of hydrogen-bond donors (Lipinski definition) is 1. The van der Waals surface area contributed by atoms with E-state index in [0.717, 1.165) is 43.5 Å². The number of nitrogens with zero attached hydrogens (tertiary/aromatic N) is 1. The summed E-state index contributed by atoms with van der Waals surface area (Å²) in [4.78, 5) is 14.6. The average molecular weight is 273 g/mol. The van der Waals surface area contributed by atoms with Gasteiger partial charge < -0.3 is 10.0 Å². The third kappa shape index (κ3) is 2.05. The second-order valence-corrected chi connectivity index (χ2v) is 6.65. The van der Waals surface area contributed by atoms with Crippen molar-refractivity contribution >= 4 is 11.6 Å². The Balaban J connectivity index is 1.78. The molecule has 3 rings (SSSR count). The standard InChI is InChI=1S/C17H23NO2/c1-17(2)13-7-3-4-8-14(13)18(16(17)20)11-10-12-6-5-9-15(12)19/h3-4,7-8,12,15,19H,5-6,9-11H2,1-2H3. The summed E-state index contributed by atoms with van der Waals surface area (Å²) >= 11 is 0. The highest BCUT2D eigenvalue weighted by molar-refractivity contribution is 6.07. The third-order valence-corrected chi connectivity index (χ3v) is 4.99. The van der Waals surface area contributed by atoms with E-state index in [2.05, 4.69) is 6.07 Å². The van der Waals surface area contributed by atoms with Crippen molar-refractivity contribution in [1.82, 2.24) is 0 Å². The minimum atomic E-state index is -0.426. The zero-order valence-electron chi connectivity index (χ0n) is 12.3. The third-order valence-electron chi connectivity index (χ3n) is 4.99. The molecule has 0 aromatic heterocycles. The molecule has 1 N–H and O–H groups in total. The Morgan fingerprint density at radius 3 is 2.75 bits per heavy atom. The van der Waals surface area contributed by atoms with Gasteiger partial charge in [0.15, 0.2) is 0 Å². The molecule has 2 atom stereocenters. The fourth-order valence-corrected chi connectivity index (χ4v) is 3.67. The number of carbonyl (C=O) groups is 1. The maximum Gasteiger partial charge on any atom is 0.237 e. The first-order chi connectivity index (χ1) is 9.51. The van der Waals surface area contributed by atoms with Gasteiger partial charge in [-0.3, -0.25) is 4.79 Å². The molecule has 3 heteroatoms. The van der Waals surface area contributed by atoms with Crippen LogP contribution in [0, 0.1) is 5.92 Å². The number of carbonyl (C=O) groups excluding carboxylic acids is 1. The van der Waals surface area contributed by atoms with Gasteiger partial charge in [0.05, 0.1) is 11.5 Å². The van der Waals surface area contributed by atoms with E-state index in [1.165, 1.54) is 0 Å². The van der Waals surface area contributed by atoms with E-state index in [-0.39, 0.29) is 12.0 Å². The molecule has 0 bridgehead atoms. The maximum absolute atomic E-state index is 12.6. The topological polar surface area (TPSA) is 40.5 Å². The number of anilines is 1. The Morgan fingerprint density at radius 1 is 1.30 bits per heavy atom. The van der Waals surface area contributed by atoms with Gasteiger partial charge in [0.2, 0.25) is 5.91 Å². The Kier molecular flexibility index (Phi) is 3.33. The summed E-state index contributed by atoms with van der Waals surface area (Å²) in [6.45, 7) is 4.72. The number of rotatable bonds is 3. The van der Waals surface area contributed by atoms with E-state index < -0.39 is 5.41 Å². The van der Waals surface area contributed by atoms with Crippen molar-refractivity contribution in [2.75, 3.05) is 11.4 Å². The van der Waals surface area contributed by atoms with Gasteiger partial charge in [-0.1, -0.05) is 24.6 Å². The summed E-state index contributed by atoms with van der Waals surface area (Å²) in [5, 5.41) is 9.92. The van der Waals surface area contributed by atoms with Crippen LogP contribution in [-0.2, 0) is 10.2 Å². The van der Waals surface area contributed by atoms with E-state index in [9.17, 15) is 9.90 Å². The van der Waals surface area contributed by atoms with Crippen molar-refractivity contribution in [1.29, 1.82) is 0 Å². The van der Waals surface area contributed by atoms with E-state index >= 15 is 0 Å². The molecule has 1 aromatic rings. The van der Waals surface area contributed by atoms with Crippen molar-refractivity contribution in [3.63, 3.8) is 0 Å². The number of benzene rings is 1. The van der Waals surface area contributed by atoms with Crippen LogP contribution in [0.15, 0.2) is 24.3 Å². The van der Waals surface area contributed by atoms with Gasteiger partial charge in [0.25, 0.3) is 0 Å². The first-order valence-electron chi connectivity index (χ1n) is 7.61. The van der Waals surface area contributed by atoms with Gasteiger partial charge >= 0.3 is 0 Å². The van der Waals surface area contributed by atoms with Gasteiger partial charge in [0.1, 0.15) is 0 Å². The molecule has 20 heavy (non-hydrogen) atoms. The molecule has 108 valence electrons. The smallest absolute Gasteiger partial charge is 0.237 e. The SMILES string of the molecule is CC1(C)C(=O)N(CCC2CCCC2O)c2ccccc21. The van der Waals surface area contributed by atoms with Crippen LogP contribution >= 0.6 is 0 Å². The molecule has 1 amide bonds. The van der Waals surface area contributed by atoms with Crippen LogP contribution in [0.3, 0.4) is 0 Å². The second-order valence-electron chi connectivity index (χ2n) is 6.65. The molecule has 1 aliphatic carbocycles. The minimum Gasteiger partial charge on any atom is -0.393 e. The molecule has 1 fully saturated rings. The Morgan fingerprint density at radius 2 is 2.05 bits per heavy atom. The Hall–Kier alpha value is -1.35. The lowest BCUT2D eigenvalue weighted by molar-refractivity contribution is -0.122. The van der Waals surface area contributed by atoms with Gasteiger partial charge in [-0.25, -0.2) is 0 Å². The largest absolute Gasteiger partial charge is 0.393 e. The molecule has 2 unspecified atom stereocenters. The molecule has 3 nitrogen and oxygen atoms in total. The summed E-state index contributed by atoms with van der Waals surface area (Å²) in [5.41, 5.74) is 1.75. The lowest BCUT2D eigenvalue weighted by Crippen LogP contribution is -2.37. The van der Waals surface area contributed by atoms with E-state index in [1.807, 2.05) is 36.9 Å².